The van der Waals surface area contributed by atoms with Gasteiger partial charge in [-0.1, -0.05) is 11.6 Å². The van der Waals surface area contributed by atoms with E-state index in [4.69, 9.17) is 16.0 Å². The lowest BCUT2D eigenvalue weighted by Crippen LogP contribution is -1.89. The first kappa shape index (κ1) is 15.2. The zero-order chi connectivity index (χ0) is 16.7. The number of hydrogen-bond acceptors (Lipinski definition) is 5. The van der Waals surface area contributed by atoms with Gasteiger partial charge in [0.25, 0.3) is 0 Å². The molecule has 3 aromatic heterocycles. The van der Waals surface area contributed by atoms with Gasteiger partial charge in [-0.15, -0.1) is 0 Å². The second kappa shape index (κ2) is 5.93. The maximum absolute atomic E-state index is 11.9. The largest absolute Gasteiger partial charge is 0.436 e. The fourth-order valence-corrected chi connectivity index (χ4v) is 3.14. The van der Waals surface area contributed by atoms with Crippen molar-refractivity contribution in [3.05, 3.63) is 53.6 Å². The van der Waals surface area contributed by atoms with Gasteiger partial charge < -0.3 is 4.42 Å². The molecule has 0 spiro atoms. The van der Waals surface area contributed by atoms with E-state index in [1.807, 2.05) is 6.66 Å². The molecule has 4 rings (SSSR count). The van der Waals surface area contributed by atoms with E-state index >= 15 is 0 Å². The molecule has 5 nitrogen and oxygen atoms in total. The summed E-state index contributed by atoms with van der Waals surface area (Å²) < 4.78 is 5.85. The SMILES string of the molecule is CPC(=O)c1ccc2oc(-c3cncc4cnc(Cl)cc34)nc2c1. The van der Waals surface area contributed by atoms with E-state index in [-0.39, 0.29) is 14.1 Å². The van der Waals surface area contributed by atoms with Gasteiger partial charge in [0.1, 0.15) is 10.7 Å². The topological polar surface area (TPSA) is 68.9 Å². The molecule has 1 unspecified atom stereocenters. The molecule has 118 valence electrons. The Hall–Kier alpha value is -2.36. The predicted octanol–water partition coefficient (Wildman–Crippen LogP) is 4.54. The van der Waals surface area contributed by atoms with Gasteiger partial charge in [0, 0.05) is 34.9 Å². The highest BCUT2D eigenvalue weighted by atomic mass is 35.5. The molecule has 0 saturated heterocycles. The van der Waals surface area contributed by atoms with Crippen LogP contribution in [0.4, 0.5) is 0 Å². The van der Waals surface area contributed by atoms with E-state index in [1.54, 1.807) is 42.9 Å². The van der Waals surface area contributed by atoms with Crippen molar-refractivity contribution in [2.75, 3.05) is 6.66 Å². The molecular formula is C17H11ClN3O2P. The molecule has 0 radical (unpaired) electrons. The van der Waals surface area contributed by atoms with Gasteiger partial charge in [-0.05, 0) is 39.5 Å². The summed E-state index contributed by atoms with van der Waals surface area (Å²) >= 11 is 6.01. The van der Waals surface area contributed by atoms with Crippen molar-refractivity contribution in [2.45, 2.75) is 0 Å². The number of fused-ring (bicyclic) bond motifs is 2. The van der Waals surface area contributed by atoms with Crippen molar-refractivity contribution in [1.29, 1.82) is 0 Å². The molecule has 0 aliphatic carbocycles. The number of aromatic nitrogens is 3. The highest BCUT2D eigenvalue weighted by Crippen LogP contribution is 2.31. The van der Waals surface area contributed by atoms with Crippen LogP contribution in [0.25, 0.3) is 33.3 Å². The number of nitrogens with zero attached hydrogens (tertiary/aromatic N) is 3. The van der Waals surface area contributed by atoms with Gasteiger partial charge in [-0.25, -0.2) is 9.97 Å². The number of carbonyl (C=O) groups excluding carboxylic acids is 1. The van der Waals surface area contributed by atoms with Gasteiger partial charge >= 0.3 is 0 Å². The monoisotopic (exact) mass is 355 g/mol. The molecule has 0 aliphatic rings. The highest BCUT2D eigenvalue weighted by molar-refractivity contribution is 7.58. The highest BCUT2D eigenvalue weighted by Gasteiger charge is 2.14. The summed E-state index contributed by atoms with van der Waals surface area (Å²) in [5, 5.41) is 2.10. The standard InChI is InChI=1S/C17H11ClN3O2P/c1-24-17(22)9-2-3-14-13(4-9)21-16(23-14)12-8-19-6-10-7-20-15(18)5-11(10)12/h2-8,24H,1H3. The minimum atomic E-state index is 0.103. The maximum Gasteiger partial charge on any atom is 0.229 e. The average Bonchev–Trinajstić information content (AvgIpc) is 3.03. The lowest BCUT2D eigenvalue weighted by Gasteiger charge is -2.02. The van der Waals surface area contributed by atoms with Gasteiger partial charge in [-0.3, -0.25) is 9.78 Å². The van der Waals surface area contributed by atoms with Gasteiger partial charge in [-0.2, -0.15) is 0 Å². The third-order valence-electron chi connectivity index (χ3n) is 3.72. The fourth-order valence-electron chi connectivity index (χ4n) is 2.54. The van der Waals surface area contributed by atoms with Crippen LogP contribution in [0, 0.1) is 0 Å². The minimum absolute atomic E-state index is 0.103. The predicted molar refractivity (Wildman–Crippen MR) is 96.1 cm³/mol. The molecule has 0 aliphatic heterocycles. The Bertz CT molecular complexity index is 1090. The van der Waals surface area contributed by atoms with Crippen LogP contribution in [0.3, 0.4) is 0 Å². The van der Waals surface area contributed by atoms with Gasteiger partial charge in [0.2, 0.25) is 5.89 Å². The molecule has 24 heavy (non-hydrogen) atoms. The molecule has 7 heteroatoms. The van der Waals surface area contributed by atoms with Crippen molar-refractivity contribution in [3.63, 3.8) is 0 Å². The van der Waals surface area contributed by atoms with Crippen LogP contribution in [0.15, 0.2) is 47.3 Å². The Balaban J connectivity index is 1.91. The second-order valence-electron chi connectivity index (χ2n) is 5.20. The molecule has 0 saturated carbocycles. The summed E-state index contributed by atoms with van der Waals surface area (Å²) in [6, 6.07) is 7.05. The summed E-state index contributed by atoms with van der Waals surface area (Å²) in [4.78, 5) is 24.7. The molecule has 1 atom stereocenters. The molecule has 0 amide bonds. The van der Waals surface area contributed by atoms with Gasteiger partial charge in [0.05, 0.1) is 5.56 Å². The number of rotatable bonds is 3. The summed E-state index contributed by atoms with van der Waals surface area (Å²) in [5.74, 6) is 0.439. The Kier molecular flexibility index (Phi) is 3.75. The number of benzene rings is 1. The zero-order valence-corrected chi connectivity index (χ0v) is 14.3. The zero-order valence-electron chi connectivity index (χ0n) is 12.6. The number of pyridine rings is 2. The van der Waals surface area contributed by atoms with Crippen LogP contribution in [0.5, 0.6) is 0 Å². The van der Waals surface area contributed by atoms with Crippen molar-refractivity contribution in [2.24, 2.45) is 0 Å². The minimum Gasteiger partial charge on any atom is -0.436 e. The average molecular weight is 356 g/mol. The quantitative estimate of drug-likeness (QED) is 0.398. The Morgan fingerprint density at radius 2 is 2.08 bits per heavy atom. The third-order valence-corrected chi connectivity index (χ3v) is 4.67. The maximum atomic E-state index is 11.9. The lowest BCUT2D eigenvalue weighted by atomic mass is 10.1. The van der Waals surface area contributed by atoms with Crippen LogP contribution in [0.1, 0.15) is 10.4 Å². The Morgan fingerprint density at radius 3 is 2.92 bits per heavy atom. The van der Waals surface area contributed by atoms with Crippen LogP contribution in [-0.4, -0.2) is 27.1 Å². The molecule has 0 fully saturated rings. The molecule has 1 aromatic carbocycles. The van der Waals surface area contributed by atoms with Gasteiger partial charge in [0.15, 0.2) is 11.1 Å². The van der Waals surface area contributed by atoms with Crippen LogP contribution >= 0.6 is 20.2 Å². The summed E-state index contributed by atoms with van der Waals surface area (Å²) in [5.41, 5.74) is 2.75. The second-order valence-corrected chi connectivity index (χ2v) is 6.54. The van der Waals surface area contributed by atoms with Crippen molar-refractivity contribution < 1.29 is 9.21 Å². The number of oxazole rings is 1. The lowest BCUT2D eigenvalue weighted by molar-refractivity contribution is 0.108. The Morgan fingerprint density at radius 1 is 1.21 bits per heavy atom. The van der Waals surface area contributed by atoms with E-state index in [0.717, 1.165) is 16.3 Å². The van der Waals surface area contributed by atoms with E-state index < -0.39 is 0 Å². The van der Waals surface area contributed by atoms with E-state index in [0.29, 0.717) is 27.7 Å². The van der Waals surface area contributed by atoms with Crippen molar-refractivity contribution >= 4 is 47.6 Å². The number of hydrogen-bond donors (Lipinski definition) is 0. The summed E-state index contributed by atoms with van der Waals surface area (Å²) in [6.45, 7) is 1.86. The normalized spacial score (nSPS) is 11.8. The smallest absolute Gasteiger partial charge is 0.229 e. The Labute approximate surface area is 143 Å². The molecule has 0 N–H and O–H groups in total. The molecular weight excluding hydrogens is 345 g/mol. The molecule has 0 bridgehead atoms. The third kappa shape index (κ3) is 2.56. The molecule has 3 heterocycles. The fraction of sp³-hybridized carbons (Fsp3) is 0.0588. The van der Waals surface area contributed by atoms with Crippen molar-refractivity contribution in [1.82, 2.24) is 15.0 Å². The van der Waals surface area contributed by atoms with Crippen molar-refractivity contribution in [3.8, 4) is 11.5 Å². The number of halogens is 1. The van der Waals surface area contributed by atoms with Crippen LogP contribution in [0.2, 0.25) is 5.15 Å². The first-order valence-corrected chi connectivity index (χ1v) is 9.06. The van der Waals surface area contributed by atoms with E-state index in [9.17, 15) is 4.79 Å². The first-order valence-electron chi connectivity index (χ1n) is 7.18. The summed E-state index contributed by atoms with van der Waals surface area (Å²) in [6.07, 6.45) is 5.06. The molecule has 4 aromatic rings. The first-order chi connectivity index (χ1) is 11.7. The van der Waals surface area contributed by atoms with Crippen LogP contribution < -0.4 is 0 Å². The van der Waals surface area contributed by atoms with E-state index in [1.165, 1.54) is 0 Å². The van der Waals surface area contributed by atoms with E-state index in [2.05, 4.69) is 15.0 Å². The summed E-state index contributed by atoms with van der Waals surface area (Å²) in [7, 11) is 0.216. The van der Waals surface area contributed by atoms with Crippen LogP contribution in [-0.2, 0) is 0 Å². The number of carbonyl (C=O) groups is 1.